The Bertz CT molecular complexity index is 312. The van der Waals surface area contributed by atoms with Crippen LogP contribution in [-0.4, -0.2) is 29.4 Å². The van der Waals surface area contributed by atoms with Crippen LogP contribution < -0.4 is 0 Å². The Morgan fingerprint density at radius 2 is 2.12 bits per heavy atom. The fourth-order valence-corrected chi connectivity index (χ4v) is 3.09. The standard InChI is InChI=1S/C14H20BrN/c1-12-6-5-9-16(12)11-14(10-15)13-7-3-2-4-8-13/h2-4,7-8,12,14H,5-6,9-11H2,1H3. The lowest BCUT2D eigenvalue weighted by molar-refractivity contribution is 0.257. The van der Waals surface area contributed by atoms with Crippen LogP contribution in [0.25, 0.3) is 0 Å². The van der Waals surface area contributed by atoms with E-state index in [1.807, 2.05) is 0 Å². The first kappa shape index (κ1) is 12.1. The summed E-state index contributed by atoms with van der Waals surface area (Å²) in [6, 6.07) is 11.6. The highest BCUT2D eigenvalue weighted by Gasteiger charge is 2.23. The Morgan fingerprint density at radius 3 is 2.69 bits per heavy atom. The van der Waals surface area contributed by atoms with Gasteiger partial charge in [-0.25, -0.2) is 0 Å². The molecule has 2 rings (SSSR count). The van der Waals surface area contributed by atoms with Gasteiger partial charge in [0.15, 0.2) is 0 Å². The lowest BCUT2D eigenvalue weighted by Gasteiger charge is -2.26. The van der Waals surface area contributed by atoms with Crippen molar-refractivity contribution in [3.8, 4) is 0 Å². The fourth-order valence-electron chi connectivity index (χ4n) is 2.52. The molecule has 0 saturated carbocycles. The van der Waals surface area contributed by atoms with Crippen LogP contribution in [0.1, 0.15) is 31.2 Å². The Hall–Kier alpha value is -0.340. The summed E-state index contributed by atoms with van der Waals surface area (Å²) in [4.78, 5) is 2.62. The molecular weight excluding hydrogens is 262 g/mol. The molecule has 1 heterocycles. The molecule has 1 nitrogen and oxygen atoms in total. The Labute approximate surface area is 107 Å². The molecule has 88 valence electrons. The number of benzene rings is 1. The first-order chi connectivity index (χ1) is 7.81. The smallest absolute Gasteiger partial charge is 0.0112 e. The lowest BCUT2D eigenvalue weighted by atomic mass is 10.0. The Kier molecular flexibility index (Phi) is 4.42. The molecule has 0 aliphatic carbocycles. The third kappa shape index (κ3) is 2.86. The van der Waals surface area contributed by atoms with Gasteiger partial charge in [-0.15, -0.1) is 0 Å². The van der Waals surface area contributed by atoms with E-state index in [0.29, 0.717) is 5.92 Å². The zero-order valence-electron chi connectivity index (χ0n) is 9.90. The third-order valence-electron chi connectivity index (χ3n) is 3.60. The van der Waals surface area contributed by atoms with Gasteiger partial charge in [0.25, 0.3) is 0 Å². The lowest BCUT2D eigenvalue weighted by Crippen LogP contribution is -2.31. The average Bonchev–Trinajstić information content (AvgIpc) is 2.73. The van der Waals surface area contributed by atoms with E-state index in [1.165, 1.54) is 31.5 Å². The molecule has 2 unspecified atom stereocenters. The molecular formula is C14H20BrN. The second-order valence-electron chi connectivity index (χ2n) is 4.75. The van der Waals surface area contributed by atoms with E-state index in [-0.39, 0.29) is 0 Å². The molecule has 0 spiro atoms. The van der Waals surface area contributed by atoms with Gasteiger partial charge in [-0.3, -0.25) is 0 Å². The quantitative estimate of drug-likeness (QED) is 0.762. The minimum absolute atomic E-state index is 0.627. The molecule has 1 aliphatic rings. The molecule has 1 aliphatic heterocycles. The number of hydrogen-bond acceptors (Lipinski definition) is 1. The highest BCUT2D eigenvalue weighted by molar-refractivity contribution is 9.09. The summed E-state index contributed by atoms with van der Waals surface area (Å²) in [7, 11) is 0. The predicted octanol–water partition coefficient (Wildman–Crippen LogP) is 3.65. The van der Waals surface area contributed by atoms with Crippen molar-refractivity contribution in [3.63, 3.8) is 0 Å². The van der Waals surface area contributed by atoms with E-state index in [1.54, 1.807) is 0 Å². The van der Waals surface area contributed by atoms with Gasteiger partial charge in [-0.2, -0.15) is 0 Å². The summed E-state index contributed by atoms with van der Waals surface area (Å²) >= 11 is 3.65. The predicted molar refractivity (Wildman–Crippen MR) is 73.2 cm³/mol. The molecule has 0 aromatic heterocycles. The maximum absolute atomic E-state index is 3.65. The van der Waals surface area contributed by atoms with Crippen molar-refractivity contribution in [3.05, 3.63) is 35.9 Å². The number of alkyl halides is 1. The third-order valence-corrected chi connectivity index (χ3v) is 4.38. The molecule has 1 aromatic carbocycles. The molecule has 2 heteroatoms. The SMILES string of the molecule is CC1CCCN1CC(CBr)c1ccccc1. The number of rotatable bonds is 4. The monoisotopic (exact) mass is 281 g/mol. The minimum Gasteiger partial charge on any atom is -0.300 e. The van der Waals surface area contributed by atoms with E-state index in [0.717, 1.165) is 11.4 Å². The van der Waals surface area contributed by atoms with E-state index < -0.39 is 0 Å². The molecule has 1 fully saturated rings. The van der Waals surface area contributed by atoms with E-state index in [2.05, 4.69) is 58.1 Å². The largest absolute Gasteiger partial charge is 0.300 e. The average molecular weight is 282 g/mol. The first-order valence-corrected chi connectivity index (χ1v) is 7.28. The van der Waals surface area contributed by atoms with Crippen LogP contribution in [0.5, 0.6) is 0 Å². The number of likely N-dealkylation sites (tertiary alicyclic amines) is 1. The number of hydrogen-bond donors (Lipinski definition) is 0. The minimum atomic E-state index is 0.627. The summed E-state index contributed by atoms with van der Waals surface area (Å²) in [5.41, 5.74) is 1.46. The van der Waals surface area contributed by atoms with Gasteiger partial charge in [0.2, 0.25) is 0 Å². The molecule has 0 N–H and O–H groups in total. The second kappa shape index (κ2) is 5.83. The van der Waals surface area contributed by atoms with Gasteiger partial charge < -0.3 is 4.90 Å². The maximum atomic E-state index is 3.65. The Morgan fingerprint density at radius 1 is 1.38 bits per heavy atom. The molecule has 0 radical (unpaired) electrons. The van der Waals surface area contributed by atoms with Gasteiger partial charge in [0, 0.05) is 23.8 Å². The fraction of sp³-hybridized carbons (Fsp3) is 0.571. The molecule has 16 heavy (non-hydrogen) atoms. The van der Waals surface area contributed by atoms with Gasteiger partial charge in [-0.05, 0) is 31.9 Å². The van der Waals surface area contributed by atoms with E-state index >= 15 is 0 Å². The summed E-state index contributed by atoms with van der Waals surface area (Å²) < 4.78 is 0. The molecule has 1 saturated heterocycles. The zero-order chi connectivity index (χ0) is 11.4. The number of nitrogens with zero attached hydrogens (tertiary/aromatic N) is 1. The van der Waals surface area contributed by atoms with Crippen LogP contribution in [-0.2, 0) is 0 Å². The van der Waals surface area contributed by atoms with Crippen molar-refractivity contribution >= 4 is 15.9 Å². The summed E-state index contributed by atoms with van der Waals surface area (Å²) in [6.07, 6.45) is 2.73. The summed E-state index contributed by atoms with van der Waals surface area (Å²) in [6.45, 7) is 4.82. The van der Waals surface area contributed by atoms with Crippen LogP contribution >= 0.6 is 15.9 Å². The van der Waals surface area contributed by atoms with Crippen molar-refractivity contribution in [1.29, 1.82) is 0 Å². The zero-order valence-corrected chi connectivity index (χ0v) is 11.5. The highest BCUT2D eigenvalue weighted by atomic mass is 79.9. The van der Waals surface area contributed by atoms with Crippen molar-refractivity contribution in [2.45, 2.75) is 31.7 Å². The van der Waals surface area contributed by atoms with E-state index in [4.69, 9.17) is 0 Å². The normalized spacial score (nSPS) is 23.5. The highest BCUT2D eigenvalue weighted by Crippen LogP contribution is 2.24. The summed E-state index contributed by atoms with van der Waals surface area (Å²) in [5, 5.41) is 1.06. The van der Waals surface area contributed by atoms with Crippen LogP contribution in [0.2, 0.25) is 0 Å². The van der Waals surface area contributed by atoms with Crippen molar-refractivity contribution in [2.75, 3.05) is 18.4 Å². The van der Waals surface area contributed by atoms with Gasteiger partial charge in [0.1, 0.15) is 0 Å². The Balaban J connectivity index is 2.00. The molecule has 2 atom stereocenters. The van der Waals surface area contributed by atoms with Crippen molar-refractivity contribution in [1.82, 2.24) is 4.90 Å². The van der Waals surface area contributed by atoms with Crippen LogP contribution in [0, 0.1) is 0 Å². The van der Waals surface area contributed by atoms with Crippen molar-refractivity contribution < 1.29 is 0 Å². The van der Waals surface area contributed by atoms with Crippen LogP contribution in [0.3, 0.4) is 0 Å². The molecule has 0 bridgehead atoms. The van der Waals surface area contributed by atoms with Gasteiger partial charge in [-0.1, -0.05) is 46.3 Å². The topological polar surface area (TPSA) is 3.24 Å². The van der Waals surface area contributed by atoms with Crippen LogP contribution in [0.4, 0.5) is 0 Å². The van der Waals surface area contributed by atoms with E-state index in [9.17, 15) is 0 Å². The van der Waals surface area contributed by atoms with Crippen LogP contribution in [0.15, 0.2) is 30.3 Å². The maximum Gasteiger partial charge on any atom is 0.0112 e. The van der Waals surface area contributed by atoms with Gasteiger partial charge >= 0.3 is 0 Å². The molecule has 0 amide bonds. The second-order valence-corrected chi connectivity index (χ2v) is 5.40. The molecule has 1 aromatic rings. The first-order valence-electron chi connectivity index (χ1n) is 6.16. The van der Waals surface area contributed by atoms with Crippen molar-refractivity contribution in [2.24, 2.45) is 0 Å². The van der Waals surface area contributed by atoms with Gasteiger partial charge in [0.05, 0.1) is 0 Å². The summed E-state index contributed by atoms with van der Waals surface area (Å²) in [5.74, 6) is 0.627. The number of halogens is 1.